The molecule has 36 heavy (non-hydrogen) atoms. The van der Waals surface area contributed by atoms with E-state index in [9.17, 15) is 8.42 Å². The maximum atomic E-state index is 13.4. The number of aryl methyl sites for hydroxylation is 1. The highest BCUT2D eigenvalue weighted by Crippen LogP contribution is 2.40. The molecule has 7 rings (SSSR count). The molecular formula is C26H27N7O2S. The Morgan fingerprint density at radius 2 is 1.86 bits per heavy atom. The topological polar surface area (TPSA) is 107 Å². The molecule has 0 amide bonds. The third-order valence-electron chi connectivity index (χ3n) is 7.50. The highest BCUT2D eigenvalue weighted by atomic mass is 32.2. The Morgan fingerprint density at radius 3 is 2.64 bits per heavy atom. The van der Waals surface area contributed by atoms with Crippen molar-refractivity contribution in [2.45, 2.75) is 49.1 Å². The lowest BCUT2D eigenvalue weighted by Gasteiger charge is -2.33. The number of hydrogen-bond acceptors (Lipinski definition) is 7. The van der Waals surface area contributed by atoms with Crippen molar-refractivity contribution >= 4 is 38.5 Å². The average Bonchev–Trinajstić information content (AvgIpc) is 3.28. The van der Waals surface area contributed by atoms with Crippen LogP contribution in [0.5, 0.6) is 0 Å². The van der Waals surface area contributed by atoms with E-state index in [2.05, 4.69) is 26.5 Å². The Kier molecular flexibility index (Phi) is 4.84. The van der Waals surface area contributed by atoms with Crippen LogP contribution in [0, 0.1) is 6.92 Å². The van der Waals surface area contributed by atoms with Gasteiger partial charge in [0.15, 0.2) is 5.82 Å². The predicted molar refractivity (Wildman–Crippen MR) is 138 cm³/mol. The number of nitrogens with one attached hydrogen (secondary N) is 2. The Hall–Kier alpha value is -3.50. The van der Waals surface area contributed by atoms with E-state index in [-0.39, 0.29) is 12.1 Å². The molecule has 2 bridgehead atoms. The van der Waals surface area contributed by atoms with Gasteiger partial charge >= 0.3 is 0 Å². The van der Waals surface area contributed by atoms with Gasteiger partial charge in [0, 0.05) is 48.2 Å². The highest BCUT2D eigenvalue weighted by Gasteiger charge is 2.49. The molecule has 3 fully saturated rings. The van der Waals surface area contributed by atoms with Gasteiger partial charge in [-0.2, -0.15) is 14.4 Å². The van der Waals surface area contributed by atoms with Crippen molar-refractivity contribution < 1.29 is 8.42 Å². The number of hydrogen-bond donors (Lipinski definition) is 2. The zero-order valence-electron chi connectivity index (χ0n) is 19.9. The van der Waals surface area contributed by atoms with Crippen molar-refractivity contribution in [1.29, 1.82) is 0 Å². The molecule has 2 unspecified atom stereocenters. The number of anilines is 3. The highest BCUT2D eigenvalue weighted by molar-refractivity contribution is 7.89. The second kappa shape index (κ2) is 8.01. The molecule has 4 heterocycles. The first-order chi connectivity index (χ1) is 17.5. The largest absolute Gasteiger partial charge is 0.335 e. The lowest BCUT2D eigenvalue weighted by atomic mass is 10.2. The number of fused-ring (bicyclic) bond motifs is 3. The molecule has 2 atom stereocenters. The Morgan fingerprint density at radius 1 is 1.00 bits per heavy atom. The summed E-state index contributed by atoms with van der Waals surface area (Å²) in [4.78, 5) is 12.3. The van der Waals surface area contributed by atoms with Gasteiger partial charge in [-0.1, -0.05) is 24.3 Å². The van der Waals surface area contributed by atoms with Crippen LogP contribution < -0.4 is 10.2 Å². The fourth-order valence-electron chi connectivity index (χ4n) is 5.49. The standard InChI is InChI=1S/C26H27N7O2S/c1-16-5-4-6-20(11-16)36(34,35)33-15-18-12-19(33)14-32(18)26-27-22-8-3-2-7-21(22)25(29-26)28-24-13-23(30-31-24)17-9-10-17/h2-8,11,13,17-19H,9-10,12,14-15H2,1H3,(H2,27,28,29,30,31). The van der Waals surface area contributed by atoms with Crippen molar-refractivity contribution in [2.75, 3.05) is 23.3 Å². The van der Waals surface area contributed by atoms with E-state index in [1.807, 2.05) is 37.3 Å². The van der Waals surface area contributed by atoms with Crippen LogP contribution in [0.15, 0.2) is 59.5 Å². The predicted octanol–water partition coefficient (Wildman–Crippen LogP) is 3.93. The average molecular weight is 502 g/mol. The van der Waals surface area contributed by atoms with Gasteiger partial charge in [0.05, 0.1) is 10.4 Å². The fourth-order valence-corrected chi connectivity index (χ4v) is 7.26. The van der Waals surface area contributed by atoms with E-state index >= 15 is 0 Å². The SMILES string of the molecule is Cc1cccc(S(=O)(=O)N2CC3CC2CN3c2nc(Nc3cc(C4CC4)[nH]n3)c3ccccc3n2)c1. The van der Waals surface area contributed by atoms with Crippen LogP contribution in [0.4, 0.5) is 17.6 Å². The van der Waals surface area contributed by atoms with Gasteiger partial charge in [-0.15, -0.1) is 0 Å². The first-order valence-corrected chi connectivity index (χ1v) is 13.8. The number of nitrogens with zero attached hydrogens (tertiary/aromatic N) is 5. The maximum absolute atomic E-state index is 13.4. The van der Waals surface area contributed by atoms with E-state index in [0.717, 1.165) is 34.4 Å². The van der Waals surface area contributed by atoms with Gasteiger partial charge in [-0.05, 0) is 56.0 Å². The zero-order valence-corrected chi connectivity index (χ0v) is 20.7. The molecule has 2 aliphatic heterocycles. The zero-order chi connectivity index (χ0) is 24.4. The lowest BCUT2D eigenvalue weighted by molar-refractivity contribution is 0.367. The molecule has 9 nitrogen and oxygen atoms in total. The van der Waals surface area contributed by atoms with Crippen LogP contribution in [0.3, 0.4) is 0 Å². The van der Waals surface area contributed by atoms with Crippen molar-refractivity contribution in [3.8, 4) is 0 Å². The number of benzene rings is 2. The monoisotopic (exact) mass is 501 g/mol. The first kappa shape index (κ1) is 21.8. The maximum Gasteiger partial charge on any atom is 0.243 e. The van der Waals surface area contributed by atoms with Crippen LogP contribution in [0.25, 0.3) is 10.9 Å². The molecule has 10 heteroatoms. The fraction of sp³-hybridized carbons (Fsp3) is 0.346. The van der Waals surface area contributed by atoms with Gasteiger partial charge in [0.25, 0.3) is 0 Å². The molecule has 4 aromatic rings. The number of para-hydroxylation sites is 1. The summed E-state index contributed by atoms with van der Waals surface area (Å²) in [5.74, 6) is 2.65. The molecule has 2 aromatic heterocycles. The number of piperazine rings is 1. The van der Waals surface area contributed by atoms with Crippen LogP contribution >= 0.6 is 0 Å². The number of rotatable bonds is 6. The summed E-state index contributed by atoms with van der Waals surface area (Å²) in [6.07, 6.45) is 3.18. The smallest absolute Gasteiger partial charge is 0.243 e. The molecular weight excluding hydrogens is 474 g/mol. The van der Waals surface area contributed by atoms with E-state index in [4.69, 9.17) is 9.97 Å². The molecule has 2 N–H and O–H groups in total. The van der Waals surface area contributed by atoms with Gasteiger partial charge < -0.3 is 10.2 Å². The molecule has 0 radical (unpaired) electrons. The second-order valence-corrected chi connectivity index (χ2v) is 12.0. The van der Waals surface area contributed by atoms with E-state index in [1.165, 1.54) is 12.8 Å². The van der Waals surface area contributed by atoms with Crippen molar-refractivity contribution in [3.05, 3.63) is 65.9 Å². The number of aromatic amines is 1. The molecule has 3 aliphatic rings. The molecule has 1 saturated carbocycles. The molecule has 2 aromatic carbocycles. The summed E-state index contributed by atoms with van der Waals surface area (Å²) in [7, 11) is -3.54. The third-order valence-corrected chi connectivity index (χ3v) is 9.41. The second-order valence-electron chi connectivity index (χ2n) is 10.1. The summed E-state index contributed by atoms with van der Waals surface area (Å²) in [6.45, 7) is 2.92. The summed E-state index contributed by atoms with van der Waals surface area (Å²) >= 11 is 0. The minimum atomic E-state index is -3.54. The van der Waals surface area contributed by atoms with Crippen LogP contribution in [-0.2, 0) is 10.0 Å². The van der Waals surface area contributed by atoms with Gasteiger partial charge in [-0.25, -0.2) is 13.4 Å². The summed E-state index contributed by atoms with van der Waals surface area (Å²) < 4.78 is 28.4. The summed E-state index contributed by atoms with van der Waals surface area (Å²) in [5, 5.41) is 11.9. The van der Waals surface area contributed by atoms with Crippen molar-refractivity contribution in [2.24, 2.45) is 0 Å². The van der Waals surface area contributed by atoms with Crippen LogP contribution in [0.2, 0.25) is 0 Å². The third kappa shape index (κ3) is 3.63. The number of aromatic nitrogens is 4. The van der Waals surface area contributed by atoms with Crippen LogP contribution in [0.1, 0.15) is 36.4 Å². The lowest BCUT2D eigenvalue weighted by Crippen LogP contribution is -2.49. The van der Waals surface area contributed by atoms with Gasteiger partial charge in [-0.3, -0.25) is 5.10 Å². The van der Waals surface area contributed by atoms with Crippen LogP contribution in [-0.4, -0.2) is 58.1 Å². The van der Waals surface area contributed by atoms with Crippen molar-refractivity contribution in [3.63, 3.8) is 0 Å². The summed E-state index contributed by atoms with van der Waals surface area (Å²) in [5.41, 5.74) is 2.94. The van der Waals surface area contributed by atoms with Gasteiger partial charge in [0.2, 0.25) is 16.0 Å². The Balaban J connectivity index is 1.18. The van der Waals surface area contributed by atoms with E-state index in [0.29, 0.717) is 35.7 Å². The number of sulfonamides is 1. The molecule has 2 saturated heterocycles. The van der Waals surface area contributed by atoms with E-state index in [1.54, 1.807) is 22.5 Å². The van der Waals surface area contributed by atoms with Gasteiger partial charge in [0.1, 0.15) is 5.82 Å². The Bertz CT molecular complexity index is 1580. The quantitative estimate of drug-likeness (QED) is 0.412. The van der Waals surface area contributed by atoms with Crippen molar-refractivity contribution in [1.82, 2.24) is 24.5 Å². The Labute approximate surface area is 209 Å². The minimum Gasteiger partial charge on any atom is -0.335 e. The minimum absolute atomic E-state index is 0.0375. The first-order valence-electron chi connectivity index (χ1n) is 12.4. The molecule has 184 valence electrons. The summed E-state index contributed by atoms with van der Waals surface area (Å²) in [6, 6.07) is 17.1. The normalized spacial score (nSPS) is 22.0. The molecule has 0 spiro atoms. The number of H-pyrrole nitrogens is 1. The molecule has 1 aliphatic carbocycles. The van der Waals surface area contributed by atoms with E-state index < -0.39 is 10.0 Å².